The van der Waals surface area contributed by atoms with Crippen molar-refractivity contribution in [1.29, 1.82) is 0 Å². The van der Waals surface area contributed by atoms with Crippen LogP contribution in [0.1, 0.15) is 12.5 Å². The summed E-state index contributed by atoms with van der Waals surface area (Å²) in [5.41, 5.74) is -1.75. The molecular formula is C10H11FO2S. The standard InChI is InChI=1S/C10H11FO2S/c1-10(13,9(12)14-2)7-5-3-4-6-8(7)11/h3-6,13H,1-2H3/t10-/m0/s1. The number of carbonyl (C=O) groups excluding carboxylic acids is 1. The number of carbonyl (C=O) groups is 1. The number of rotatable bonds is 2. The third-order valence-electron chi connectivity index (χ3n) is 1.98. The van der Waals surface area contributed by atoms with Gasteiger partial charge in [0.2, 0.25) is 5.12 Å². The van der Waals surface area contributed by atoms with Crippen molar-refractivity contribution >= 4 is 16.9 Å². The summed E-state index contributed by atoms with van der Waals surface area (Å²) >= 11 is 0.880. The van der Waals surface area contributed by atoms with Crippen LogP contribution in [0.4, 0.5) is 4.39 Å². The molecule has 1 aromatic rings. The molecule has 0 heterocycles. The van der Waals surface area contributed by atoms with Crippen molar-refractivity contribution in [3.05, 3.63) is 35.6 Å². The molecule has 14 heavy (non-hydrogen) atoms. The van der Waals surface area contributed by atoms with Crippen molar-refractivity contribution in [3.8, 4) is 0 Å². The second-order valence-corrected chi connectivity index (χ2v) is 3.82. The van der Waals surface area contributed by atoms with Gasteiger partial charge in [-0.2, -0.15) is 0 Å². The Morgan fingerprint density at radius 2 is 2.07 bits per heavy atom. The Bertz CT molecular complexity index is 350. The Labute approximate surface area is 86.1 Å². The van der Waals surface area contributed by atoms with Gasteiger partial charge in [0.25, 0.3) is 0 Å². The Kier molecular flexibility index (Phi) is 3.29. The van der Waals surface area contributed by atoms with Gasteiger partial charge < -0.3 is 5.11 Å². The maximum atomic E-state index is 13.3. The Morgan fingerprint density at radius 3 is 2.57 bits per heavy atom. The topological polar surface area (TPSA) is 37.3 Å². The summed E-state index contributed by atoms with van der Waals surface area (Å²) in [5, 5.41) is 9.35. The van der Waals surface area contributed by atoms with E-state index in [9.17, 15) is 14.3 Å². The van der Waals surface area contributed by atoms with Crippen LogP contribution in [0.25, 0.3) is 0 Å². The molecule has 0 spiro atoms. The lowest BCUT2D eigenvalue weighted by atomic mass is 9.97. The highest BCUT2D eigenvalue weighted by Gasteiger charge is 2.33. The van der Waals surface area contributed by atoms with Gasteiger partial charge in [-0.05, 0) is 19.2 Å². The van der Waals surface area contributed by atoms with Crippen molar-refractivity contribution in [2.45, 2.75) is 12.5 Å². The summed E-state index contributed by atoms with van der Waals surface area (Å²) < 4.78 is 13.3. The highest BCUT2D eigenvalue weighted by molar-refractivity contribution is 8.13. The largest absolute Gasteiger partial charge is 0.376 e. The first-order valence-corrected chi connectivity index (χ1v) is 5.28. The molecule has 0 bridgehead atoms. The van der Waals surface area contributed by atoms with E-state index in [0.29, 0.717) is 0 Å². The number of benzene rings is 1. The normalized spacial score (nSPS) is 14.9. The predicted octanol–water partition coefficient (Wildman–Crippen LogP) is 1.92. The molecule has 0 amide bonds. The lowest BCUT2D eigenvalue weighted by molar-refractivity contribution is -0.127. The third kappa shape index (κ3) is 1.96. The van der Waals surface area contributed by atoms with E-state index in [2.05, 4.69) is 0 Å². The molecule has 1 N–H and O–H groups in total. The number of hydrogen-bond donors (Lipinski definition) is 1. The lowest BCUT2D eigenvalue weighted by Crippen LogP contribution is -2.30. The van der Waals surface area contributed by atoms with Crippen LogP contribution in [0.15, 0.2) is 24.3 Å². The first kappa shape index (κ1) is 11.2. The fourth-order valence-corrected chi connectivity index (χ4v) is 1.67. The fourth-order valence-electron chi connectivity index (χ4n) is 1.16. The quantitative estimate of drug-likeness (QED) is 0.817. The molecule has 0 aliphatic heterocycles. The molecule has 0 radical (unpaired) electrons. The second kappa shape index (κ2) is 4.11. The highest BCUT2D eigenvalue weighted by Crippen LogP contribution is 2.27. The zero-order valence-electron chi connectivity index (χ0n) is 7.95. The predicted molar refractivity (Wildman–Crippen MR) is 54.5 cm³/mol. The van der Waals surface area contributed by atoms with E-state index < -0.39 is 16.5 Å². The minimum absolute atomic E-state index is 0.0133. The molecule has 4 heteroatoms. The number of thioether (sulfide) groups is 1. The maximum Gasteiger partial charge on any atom is 0.224 e. The minimum Gasteiger partial charge on any atom is -0.376 e. The van der Waals surface area contributed by atoms with E-state index in [1.54, 1.807) is 12.3 Å². The zero-order chi connectivity index (χ0) is 10.8. The van der Waals surface area contributed by atoms with Crippen molar-refractivity contribution in [2.24, 2.45) is 0 Å². The summed E-state index contributed by atoms with van der Waals surface area (Å²) in [6, 6.07) is 5.72. The summed E-state index contributed by atoms with van der Waals surface area (Å²) in [6.45, 7) is 1.30. The average Bonchev–Trinajstić information content (AvgIpc) is 2.17. The summed E-state index contributed by atoms with van der Waals surface area (Å²) in [5.74, 6) is -0.570. The van der Waals surface area contributed by atoms with Crippen LogP contribution in [-0.2, 0) is 10.4 Å². The van der Waals surface area contributed by atoms with E-state index in [4.69, 9.17) is 0 Å². The second-order valence-electron chi connectivity index (χ2n) is 3.04. The van der Waals surface area contributed by atoms with E-state index >= 15 is 0 Å². The third-order valence-corrected chi connectivity index (χ3v) is 2.75. The van der Waals surface area contributed by atoms with Crippen LogP contribution in [0.3, 0.4) is 0 Å². The number of halogens is 1. The summed E-state index contributed by atoms with van der Waals surface area (Å²) in [7, 11) is 0. The molecule has 0 saturated heterocycles. The maximum absolute atomic E-state index is 13.3. The van der Waals surface area contributed by atoms with Crippen LogP contribution in [0.2, 0.25) is 0 Å². The van der Waals surface area contributed by atoms with Gasteiger partial charge in [0.05, 0.1) is 0 Å². The van der Waals surface area contributed by atoms with Gasteiger partial charge in [-0.15, -0.1) is 0 Å². The van der Waals surface area contributed by atoms with Gasteiger partial charge in [0, 0.05) is 5.56 Å². The molecule has 1 aromatic carbocycles. The molecule has 0 aliphatic rings. The van der Waals surface area contributed by atoms with Crippen LogP contribution in [0.5, 0.6) is 0 Å². The van der Waals surface area contributed by atoms with Crippen LogP contribution in [0, 0.1) is 5.82 Å². The van der Waals surface area contributed by atoms with Gasteiger partial charge in [-0.25, -0.2) is 4.39 Å². The van der Waals surface area contributed by atoms with Crippen LogP contribution < -0.4 is 0 Å². The molecule has 0 aliphatic carbocycles. The SMILES string of the molecule is CSC(=O)[C@@](C)(O)c1ccccc1F. The Balaban J connectivity index is 3.16. The zero-order valence-corrected chi connectivity index (χ0v) is 8.77. The van der Waals surface area contributed by atoms with Crippen molar-refractivity contribution in [1.82, 2.24) is 0 Å². The van der Waals surface area contributed by atoms with E-state index in [1.165, 1.54) is 25.1 Å². The minimum atomic E-state index is -1.76. The first-order chi connectivity index (χ1) is 6.50. The van der Waals surface area contributed by atoms with Crippen molar-refractivity contribution < 1.29 is 14.3 Å². The van der Waals surface area contributed by atoms with Gasteiger partial charge >= 0.3 is 0 Å². The molecule has 76 valence electrons. The monoisotopic (exact) mass is 214 g/mol. The van der Waals surface area contributed by atoms with Gasteiger partial charge in [-0.1, -0.05) is 30.0 Å². The molecule has 0 aromatic heterocycles. The van der Waals surface area contributed by atoms with Crippen LogP contribution >= 0.6 is 11.8 Å². The Hall–Kier alpha value is -0.870. The smallest absolute Gasteiger partial charge is 0.224 e. The van der Waals surface area contributed by atoms with E-state index in [-0.39, 0.29) is 5.56 Å². The molecule has 1 atom stereocenters. The molecule has 0 saturated carbocycles. The molecular weight excluding hydrogens is 203 g/mol. The first-order valence-electron chi connectivity index (χ1n) is 4.06. The summed E-state index contributed by atoms with van der Waals surface area (Å²) in [4.78, 5) is 11.3. The van der Waals surface area contributed by atoms with E-state index in [0.717, 1.165) is 11.8 Å². The van der Waals surface area contributed by atoms with Gasteiger partial charge in [-0.3, -0.25) is 4.79 Å². The number of hydrogen-bond acceptors (Lipinski definition) is 3. The lowest BCUT2D eigenvalue weighted by Gasteiger charge is -2.21. The average molecular weight is 214 g/mol. The molecule has 2 nitrogen and oxygen atoms in total. The van der Waals surface area contributed by atoms with Crippen LogP contribution in [-0.4, -0.2) is 16.5 Å². The van der Waals surface area contributed by atoms with Gasteiger partial charge in [0.15, 0.2) is 5.60 Å². The fraction of sp³-hybridized carbons (Fsp3) is 0.300. The highest BCUT2D eigenvalue weighted by atomic mass is 32.2. The van der Waals surface area contributed by atoms with Crippen molar-refractivity contribution in [3.63, 3.8) is 0 Å². The molecule has 1 rings (SSSR count). The van der Waals surface area contributed by atoms with Crippen molar-refractivity contribution in [2.75, 3.05) is 6.26 Å². The number of aliphatic hydroxyl groups is 1. The summed E-state index contributed by atoms with van der Waals surface area (Å²) in [6.07, 6.45) is 1.55. The molecule has 0 unspecified atom stereocenters. The Morgan fingerprint density at radius 1 is 1.50 bits per heavy atom. The van der Waals surface area contributed by atoms with E-state index in [1.807, 2.05) is 0 Å². The van der Waals surface area contributed by atoms with Gasteiger partial charge in [0.1, 0.15) is 5.82 Å². The molecule has 0 fully saturated rings.